The first-order valence-electron chi connectivity index (χ1n) is 6.06. The zero-order chi connectivity index (χ0) is 10.5. The zero-order valence-electron chi connectivity index (χ0n) is 9.59. The molecule has 0 amide bonds. The number of hydrogen-bond donors (Lipinski definition) is 1. The topological polar surface area (TPSA) is 12.0 Å². The van der Waals surface area contributed by atoms with Crippen LogP contribution in [0, 0.1) is 5.92 Å². The van der Waals surface area contributed by atoms with Gasteiger partial charge in [0.1, 0.15) is 0 Å². The summed E-state index contributed by atoms with van der Waals surface area (Å²) in [5.74, 6) is 0.880. The molecule has 3 unspecified atom stereocenters. The number of fused-ring (bicyclic) bond motifs is 3. The molecule has 1 heterocycles. The highest BCUT2D eigenvalue weighted by atomic mass is 15.0. The Morgan fingerprint density at radius 1 is 1.33 bits per heavy atom. The van der Waals surface area contributed by atoms with Gasteiger partial charge in [0.15, 0.2) is 0 Å². The third-order valence-electron chi connectivity index (χ3n) is 4.44. The van der Waals surface area contributed by atoms with E-state index in [1.54, 1.807) is 5.56 Å². The Morgan fingerprint density at radius 3 is 3.00 bits per heavy atom. The van der Waals surface area contributed by atoms with Crippen LogP contribution in [0.25, 0.3) is 0 Å². The quantitative estimate of drug-likeness (QED) is 0.676. The van der Waals surface area contributed by atoms with Crippen LogP contribution in [0.1, 0.15) is 38.7 Å². The summed E-state index contributed by atoms with van der Waals surface area (Å²) in [5, 5.41) is 3.71. The molecule has 1 N–H and O–H groups in total. The Labute approximate surface area is 91.9 Å². The van der Waals surface area contributed by atoms with Gasteiger partial charge in [0, 0.05) is 17.1 Å². The minimum absolute atomic E-state index is 0.392. The van der Waals surface area contributed by atoms with Crippen LogP contribution in [0.2, 0.25) is 0 Å². The SMILES string of the molecule is CC1CCC2(C)c3ccccc3NC2C1. The Bertz CT molecular complexity index is 385. The summed E-state index contributed by atoms with van der Waals surface area (Å²) < 4.78 is 0. The standard InChI is InChI=1S/C14H19N/c1-10-7-8-14(2)11-5-3-4-6-12(11)15-13(14)9-10/h3-6,10,13,15H,7-9H2,1-2H3. The van der Waals surface area contributed by atoms with Crippen molar-refractivity contribution in [1.29, 1.82) is 0 Å². The fourth-order valence-electron chi connectivity index (χ4n) is 3.34. The van der Waals surface area contributed by atoms with Crippen molar-refractivity contribution in [3.8, 4) is 0 Å². The van der Waals surface area contributed by atoms with E-state index in [1.165, 1.54) is 24.9 Å². The second-order valence-electron chi connectivity index (χ2n) is 5.54. The molecule has 3 atom stereocenters. The number of anilines is 1. The van der Waals surface area contributed by atoms with Gasteiger partial charge in [0.2, 0.25) is 0 Å². The van der Waals surface area contributed by atoms with Crippen molar-refractivity contribution >= 4 is 5.69 Å². The van der Waals surface area contributed by atoms with Crippen molar-refractivity contribution in [1.82, 2.24) is 0 Å². The number of benzene rings is 1. The van der Waals surface area contributed by atoms with Crippen molar-refractivity contribution in [3.05, 3.63) is 29.8 Å². The number of hydrogen-bond acceptors (Lipinski definition) is 1. The van der Waals surface area contributed by atoms with Gasteiger partial charge in [0.05, 0.1) is 0 Å². The average Bonchev–Trinajstić information content (AvgIpc) is 2.52. The van der Waals surface area contributed by atoms with E-state index < -0.39 is 0 Å². The second kappa shape index (κ2) is 3.01. The minimum atomic E-state index is 0.392. The van der Waals surface area contributed by atoms with Gasteiger partial charge in [-0.25, -0.2) is 0 Å². The van der Waals surface area contributed by atoms with Crippen LogP contribution in [-0.2, 0) is 5.41 Å². The molecule has 2 aliphatic rings. The highest BCUT2D eigenvalue weighted by Crippen LogP contribution is 2.49. The van der Waals surface area contributed by atoms with Crippen LogP contribution in [0.3, 0.4) is 0 Å². The lowest BCUT2D eigenvalue weighted by Crippen LogP contribution is -2.41. The van der Waals surface area contributed by atoms with Crippen molar-refractivity contribution < 1.29 is 0 Å². The minimum Gasteiger partial charge on any atom is -0.381 e. The molecule has 1 nitrogen and oxygen atoms in total. The average molecular weight is 201 g/mol. The van der Waals surface area contributed by atoms with E-state index in [4.69, 9.17) is 0 Å². The summed E-state index contributed by atoms with van der Waals surface area (Å²) in [6, 6.07) is 9.50. The van der Waals surface area contributed by atoms with Gasteiger partial charge in [0.25, 0.3) is 0 Å². The van der Waals surface area contributed by atoms with E-state index in [0.29, 0.717) is 11.5 Å². The summed E-state index contributed by atoms with van der Waals surface area (Å²) in [5.41, 5.74) is 3.31. The van der Waals surface area contributed by atoms with E-state index in [-0.39, 0.29) is 0 Å². The second-order valence-corrected chi connectivity index (χ2v) is 5.54. The van der Waals surface area contributed by atoms with E-state index in [1.807, 2.05) is 0 Å². The van der Waals surface area contributed by atoms with Gasteiger partial charge in [-0.15, -0.1) is 0 Å². The summed E-state index contributed by atoms with van der Waals surface area (Å²) >= 11 is 0. The Morgan fingerprint density at radius 2 is 2.13 bits per heavy atom. The number of nitrogens with one attached hydrogen (secondary N) is 1. The third-order valence-corrected chi connectivity index (χ3v) is 4.44. The molecule has 0 aromatic heterocycles. The fourth-order valence-corrected chi connectivity index (χ4v) is 3.34. The molecule has 80 valence electrons. The van der Waals surface area contributed by atoms with Crippen LogP contribution in [0.5, 0.6) is 0 Å². The van der Waals surface area contributed by atoms with Crippen molar-refractivity contribution in [2.45, 2.75) is 44.6 Å². The first-order chi connectivity index (χ1) is 7.20. The normalized spacial score (nSPS) is 38.0. The lowest BCUT2D eigenvalue weighted by atomic mass is 9.67. The highest BCUT2D eigenvalue weighted by Gasteiger charge is 2.45. The van der Waals surface area contributed by atoms with Crippen molar-refractivity contribution in [2.24, 2.45) is 5.92 Å². The summed E-state index contributed by atoms with van der Waals surface area (Å²) in [4.78, 5) is 0. The first-order valence-corrected chi connectivity index (χ1v) is 6.06. The predicted octanol–water partition coefficient (Wildman–Crippen LogP) is 3.56. The van der Waals surface area contributed by atoms with Gasteiger partial charge < -0.3 is 5.32 Å². The zero-order valence-corrected chi connectivity index (χ0v) is 9.59. The Hall–Kier alpha value is -0.980. The molecule has 1 aliphatic heterocycles. The summed E-state index contributed by atoms with van der Waals surface area (Å²) in [6.45, 7) is 4.81. The molecule has 1 fully saturated rings. The van der Waals surface area contributed by atoms with Crippen LogP contribution >= 0.6 is 0 Å². The molecular formula is C14H19N. The maximum absolute atomic E-state index is 3.71. The molecule has 0 saturated heterocycles. The van der Waals surface area contributed by atoms with E-state index >= 15 is 0 Å². The predicted molar refractivity (Wildman–Crippen MR) is 64.2 cm³/mol. The van der Waals surface area contributed by atoms with Gasteiger partial charge in [-0.3, -0.25) is 0 Å². The van der Waals surface area contributed by atoms with Crippen molar-refractivity contribution in [3.63, 3.8) is 0 Å². The molecular weight excluding hydrogens is 182 g/mol. The summed E-state index contributed by atoms with van der Waals surface area (Å²) in [6.07, 6.45) is 4.04. The van der Waals surface area contributed by atoms with Gasteiger partial charge in [-0.05, 0) is 36.8 Å². The van der Waals surface area contributed by atoms with Gasteiger partial charge in [-0.1, -0.05) is 32.0 Å². The molecule has 3 rings (SSSR count). The van der Waals surface area contributed by atoms with E-state index in [0.717, 1.165) is 5.92 Å². The molecule has 1 aliphatic carbocycles. The Kier molecular flexibility index (Phi) is 1.86. The Balaban J connectivity index is 2.04. The van der Waals surface area contributed by atoms with Crippen LogP contribution in [0.4, 0.5) is 5.69 Å². The monoisotopic (exact) mass is 201 g/mol. The molecule has 0 spiro atoms. The molecule has 1 aromatic rings. The van der Waals surface area contributed by atoms with E-state index in [2.05, 4.69) is 43.4 Å². The summed E-state index contributed by atoms with van der Waals surface area (Å²) in [7, 11) is 0. The third kappa shape index (κ3) is 1.22. The van der Waals surface area contributed by atoms with Crippen LogP contribution < -0.4 is 5.32 Å². The van der Waals surface area contributed by atoms with Crippen LogP contribution in [0.15, 0.2) is 24.3 Å². The highest BCUT2D eigenvalue weighted by molar-refractivity contribution is 5.62. The first kappa shape index (κ1) is 9.26. The molecule has 0 bridgehead atoms. The van der Waals surface area contributed by atoms with Crippen LogP contribution in [-0.4, -0.2) is 6.04 Å². The molecule has 15 heavy (non-hydrogen) atoms. The maximum Gasteiger partial charge on any atom is 0.0381 e. The smallest absolute Gasteiger partial charge is 0.0381 e. The number of para-hydroxylation sites is 1. The van der Waals surface area contributed by atoms with Gasteiger partial charge in [-0.2, -0.15) is 0 Å². The molecule has 1 saturated carbocycles. The van der Waals surface area contributed by atoms with Crippen molar-refractivity contribution in [2.75, 3.05) is 5.32 Å². The maximum atomic E-state index is 3.71. The molecule has 0 radical (unpaired) electrons. The number of rotatable bonds is 0. The molecule has 1 heteroatoms. The fraction of sp³-hybridized carbons (Fsp3) is 0.571. The van der Waals surface area contributed by atoms with Gasteiger partial charge >= 0.3 is 0 Å². The van der Waals surface area contributed by atoms with E-state index in [9.17, 15) is 0 Å². The lowest BCUT2D eigenvalue weighted by molar-refractivity contribution is 0.248. The molecule has 1 aromatic carbocycles. The largest absolute Gasteiger partial charge is 0.381 e. The lowest BCUT2D eigenvalue weighted by Gasteiger charge is -2.39.